The maximum absolute atomic E-state index is 13.6. The zero-order valence-electron chi connectivity index (χ0n) is 17.6. The van der Waals surface area contributed by atoms with E-state index >= 15 is 0 Å². The first kappa shape index (κ1) is 21.4. The zero-order chi connectivity index (χ0) is 23.0. The summed E-state index contributed by atoms with van der Waals surface area (Å²) in [5, 5.41) is 0. The number of hydrogen-bond donors (Lipinski definition) is 0. The molecular formula is C24H21F3N4O2. The van der Waals surface area contributed by atoms with Gasteiger partial charge in [-0.15, -0.1) is 0 Å². The van der Waals surface area contributed by atoms with Crippen molar-refractivity contribution >= 4 is 5.91 Å². The molecule has 0 radical (unpaired) electrons. The normalized spacial score (nSPS) is 22.3. The molecule has 2 saturated heterocycles. The van der Waals surface area contributed by atoms with E-state index in [9.17, 15) is 18.0 Å². The third-order valence-corrected chi connectivity index (χ3v) is 6.28. The van der Waals surface area contributed by atoms with Crippen molar-refractivity contribution in [3.8, 4) is 17.3 Å². The van der Waals surface area contributed by atoms with E-state index in [-0.39, 0.29) is 29.9 Å². The van der Waals surface area contributed by atoms with Crippen LogP contribution in [0, 0.1) is 5.92 Å². The number of amides is 1. The first-order valence-electron chi connectivity index (χ1n) is 10.8. The number of aromatic nitrogens is 3. The highest BCUT2D eigenvalue weighted by atomic mass is 19.4. The Bertz CT molecular complexity index is 1140. The molecule has 3 atom stereocenters. The van der Waals surface area contributed by atoms with Crippen LogP contribution in [-0.2, 0) is 6.18 Å². The van der Waals surface area contributed by atoms with Gasteiger partial charge in [-0.05, 0) is 43.4 Å². The fourth-order valence-corrected chi connectivity index (χ4v) is 4.72. The molecule has 0 spiro atoms. The summed E-state index contributed by atoms with van der Waals surface area (Å²) in [4.78, 5) is 27.9. The molecule has 9 heteroatoms. The van der Waals surface area contributed by atoms with E-state index in [0.717, 1.165) is 31.5 Å². The highest BCUT2D eigenvalue weighted by molar-refractivity contribution is 6.00. The smallest absolute Gasteiger partial charge is 0.417 e. The van der Waals surface area contributed by atoms with Gasteiger partial charge >= 0.3 is 6.18 Å². The van der Waals surface area contributed by atoms with Gasteiger partial charge < -0.3 is 9.64 Å². The van der Waals surface area contributed by atoms with Crippen molar-refractivity contribution in [3.63, 3.8) is 0 Å². The molecule has 3 aliphatic rings. The summed E-state index contributed by atoms with van der Waals surface area (Å²) in [5.74, 6) is 0.747. The van der Waals surface area contributed by atoms with Crippen molar-refractivity contribution in [2.45, 2.75) is 37.6 Å². The van der Waals surface area contributed by atoms with Gasteiger partial charge in [-0.3, -0.25) is 4.79 Å². The number of benzene rings is 1. The lowest BCUT2D eigenvalue weighted by atomic mass is 9.77. The minimum atomic E-state index is -4.45. The maximum Gasteiger partial charge on any atom is 0.417 e. The molecular weight excluding hydrogens is 433 g/mol. The molecule has 33 heavy (non-hydrogen) atoms. The number of fused-ring (bicyclic) bond motifs is 3. The van der Waals surface area contributed by atoms with Crippen molar-refractivity contribution in [1.29, 1.82) is 0 Å². The second-order valence-corrected chi connectivity index (χ2v) is 8.36. The second-order valence-electron chi connectivity index (χ2n) is 8.36. The van der Waals surface area contributed by atoms with E-state index in [1.165, 1.54) is 6.07 Å². The standard InChI is InChI=1S/C24H21F3N4O2/c25-24(26,27)16-7-9-21(30-13-16)33-20-12-15-6-8-19(20)31(14-15)23(32)18-5-2-1-4-17(18)22-28-10-3-11-29-22/h1-5,7,9-11,13,15,19-20H,6,8,12,14H2/t15-,19-,20+/m0/s1. The number of ether oxygens (including phenoxy) is 1. The maximum atomic E-state index is 13.6. The molecule has 3 fully saturated rings. The Morgan fingerprint density at radius 1 is 1.00 bits per heavy atom. The van der Waals surface area contributed by atoms with E-state index in [2.05, 4.69) is 15.0 Å². The Kier molecular flexibility index (Phi) is 5.47. The van der Waals surface area contributed by atoms with E-state index in [1.54, 1.807) is 24.5 Å². The predicted molar refractivity (Wildman–Crippen MR) is 113 cm³/mol. The fourth-order valence-electron chi connectivity index (χ4n) is 4.72. The fraction of sp³-hybridized carbons (Fsp3) is 0.333. The van der Waals surface area contributed by atoms with E-state index < -0.39 is 11.7 Å². The van der Waals surface area contributed by atoms with E-state index in [1.807, 2.05) is 23.1 Å². The van der Waals surface area contributed by atoms with Gasteiger partial charge in [0.2, 0.25) is 5.88 Å². The van der Waals surface area contributed by atoms with Crippen LogP contribution in [0.25, 0.3) is 11.4 Å². The van der Waals surface area contributed by atoms with Crippen LogP contribution in [0.1, 0.15) is 35.2 Å². The average molecular weight is 454 g/mol. The number of piperidine rings is 2. The molecule has 0 unspecified atom stereocenters. The molecule has 0 N–H and O–H groups in total. The van der Waals surface area contributed by atoms with Crippen LogP contribution >= 0.6 is 0 Å². The number of pyridine rings is 1. The minimum Gasteiger partial charge on any atom is -0.472 e. The number of nitrogens with zero attached hydrogens (tertiary/aromatic N) is 4. The Morgan fingerprint density at radius 2 is 1.79 bits per heavy atom. The van der Waals surface area contributed by atoms with Crippen molar-refractivity contribution in [2.24, 2.45) is 5.92 Å². The van der Waals surface area contributed by atoms with E-state index in [0.29, 0.717) is 23.5 Å². The van der Waals surface area contributed by atoms with E-state index in [4.69, 9.17) is 4.74 Å². The van der Waals surface area contributed by atoms with Crippen molar-refractivity contribution in [1.82, 2.24) is 19.9 Å². The van der Waals surface area contributed by atoms with Crippen molar-refractivity contribution < 1.29 is 22.7 Å². The molecule has 2 aliphatic heterocycles. The summed E-state index contributed by atoms with van der Waals surface area (Å²) < 4.78 is 44.5. The van der Waals surface area contributed by atoms with Gasteiger partial charge in [0.1, 0.15) is 6.10 Å². The van der Waals surface area contributed by atoms with Gasteiger partial charge in [-0.1, -0.05) is 18.2 Å². The molecule has 1 aliphatic carbocycles. The quantitative estimate of drug-likeness (QED) is 0.575. The summed E-state index contributed by atoms with van der Waals surface area (Å²) in [6, 6.07) is 11.0. The van der Waals surface area contributed by atoms with Crippen LogP contribution < -0.4 is 4.74 Å². The lowest BCUT2D eigenvalue weighted by Crippen LogP contribution is -2.59. The number of carbonyl (C=O) groups excluding carboxylic acids is 1. The van der Waals surface area contributed by atoms with Crippen molar-refractivity contribution in [3.05, 3.63) is 72.2 Å². The summed E-state index contributed by atoms with van der Waals surface area (Å²) in [6.07, 6.45) is 1.75. The topological polar surface area (TPSA) is 68.2 Å². The Morgan fingerprint density at radius 3 is 2.48 bits per heavy atom. The first-order valence-corrected chi connectivity index (χ1v) is 10.8. The van der Waals surface area contributed by atoms with Gasteiger partial charge in [0.25, 0.3) is 5.91 Å². The first-order chi connectivity index (χ1) is 15.9. The van der Waals surface area contributed by atoms with Gasteiger partial charge in [0, 0.05) is 36.8 Å². The summed E-state index contributed by atoms with van der Waals surface area (Å²) >= 11 is 0. The lowest BCUT2D eigenvalue weighted by Gasteiger charge is -2.49. The van der Waals surface area contributed by atoms with Gasteiger partial charge in [0.15, 0.2) is 5.82 Å². The molecule has 2 aromatic heterocycles. The molecule has 3 aromatic rings. The SMILES string of the molecule is O=C(c1ccccc1-c1ncccn1)N1C[C@H]2CC[C@H]1[C@H](Oc1ccc(C(F)(F)F)cn1)C2. The molecule has 2 bridgehead atoms. The number of hydrogen-bond acceptors (Lipinski definition) is 5. The third-order valence-electron chi connectivity index (χ3n) is 6.28. The molecule has 6 rings (SSSR count). The lowest BCUT2D eigenvalue weighted by molar-refractivity contribution is -0.137. The zero-order valence-corrected chi connectivity index (χ0v) is 17.6. The second kappa shape index (κ2) is 8.46. The van der Waals surface area contributed by atoms with Crippen LogP contribution in [0.15, 0.2) is 61.1 Å². The predicted octanol–water partition coefficient (Wildman–Crippen LogP) is 4.63. The number of alkyl halides is 3. The molecule has 1 amide bonds. The van der Waals surface area contributed by atoms with Gasteiger partial charge in [-0.25, -0.2) is 15.0 Å². The third kappa shape index (κ3) is 4.27. The Balaban J connectivity index is 1.38. The summed E-state index contributed by atoms with van der Waals surface area (Å²) in [5.41, 5.74) is 0.352. The summed E-state index contributed by atoms with van der Waals surface area (Å²) in [7, 11) is 0. The molecule has 4 heterocycles. The highest BCUT2D eigenvalue weighted by Crippen LogP contribution is 2.39. The van der Waals surface area contributed by atoms with Crippen LogP contribution in [0.3, 0.4) is 0 Å². The number of carbonyl (C=O) groups is 1. The number of rotatable bonds is 4. The highest BCUT2D eigenvalue weighted by Gasteiger charge is 2.45. The molecule has 170 valence electrons. The number of halogens is 3. The van der Waals surface area contributed by atoms with Gasteiger partial charge in [-0.2, -0.15) is 13.2 Å². The van der Waals surface area contributed by atoms with Crippen LogP contribution in [0.5, 0.6) is 5.88 Å². The summed E-state index contributed by atoms with van der Waals surface area (Å²) in [6.45, 7) is 0.619. The Labute approximate surface area is 188 Å². The Hall–Kier alpha value is -3.49. The van der Waals surface area contributed by atoms with Crippen LogP contribution in [0.4, 0.5) is 13.2 Å². The average Bonchev–Trinajstić information content (AvgIpc) is 2.84. The molecule has 1 aromatic carbocycles. The monoisotopic (exact) mass is 454 g/mol. The molecule has 1 saturated carbocycles. The molecule has 6 nitrogen and oxygen atoms in total. The largest absolute Gasteiger partial charge is 0.472 e. The van der Waals surface area contributed by atoms with Crippen LogP contribution in [0.2, 0.25) is 0 Å². The minimum absolute atomic E-state index is 0.124. The van der Waals surface area contributed by atoms with Gasteiger partial charge in [0.05, 0.1) is 17.2 Å². The van der Waals surface area contributed by atoms with Crippen LogP contribution in [-0.4, -0.2) is 44.4 Å². The van der Waals surface area contributed by atoms with Crippen molar-refractivity contribution in [2.75, 3.05) is 6.54 Å².